The van der Waals surface area contributed by atoms with Crippen molar-refractivity contribution in [1.29, 1.82) is 0 Å². The first-order valence-electron chi connectivity index (χ1n) is 8.56. The highest BCUT2D eigenvalue weighted by Crippen LogP contribution is 2.41. The molecule has 1 amide bonds. The Hall–Kier alpha value is -2.95. The van der Waals surface area contributed by atoms with Crippen LogP contribution in [0.1, 0.15) is 40.5 Å². The molecular formula is C20H20N4O. The number of benzene rings is 1. The molecule has 1 N–H and O–H groups in total. The van der Waals surface area contributed by atoms with Gasteiger partial charge in [0.1, 0.15) is 0 Å². The molecular weight excluding hydrogens is 312 g/mol. The summed E-state index contributed by atoms with van der Waals surface area (Å²) in [5.41, 5.74) is 2.54. The van der Waals surface area contributed by atoms with Gasteiger partial charge in [0, 0.05) is 6.20 Å². The number of amides is 1. The van der Waals surface area contributed by atoms with Crippen LogP contribution in [0.5, 0.6) is 0 Å². The second-order valence-corrected chi connectivity index (χ2v) is 6.44. The Balaban J connectivity index is 1.58. The third-order valence-electron chi connectivity index (χ3n) is 4.66. The van der Waals surface area contributed by atoms with Crippen molar-refractivity contribution < 1.29 is 4.79 Å². The first-order chi connectivity index (χ1) is 12.2. The minimum absolute atomic E-state index is 0.0614. The fourth-order valence-corrected chi connectivity index (χ4v) is 3.12. The second kappa shape index (κ2) is 6.51. The highest BCUT2D eigenvalue weighted by atomic mass is 16.1. The van der Waals surface area contributed by atoms with Crippen LogP contribution in [0.25, 0.3) is 5.82 Å². The molecule has 0 radical (unpaired) electrons. The van der Waals surface area contributed by atoms with Gasteiger partial charge < -0.3 is 5.32 Å². The van der Waals surface area contributed by atoms with Gasteiger partial charge in [0.25, 0.3) is 5.91 Å². The summed E-state index contributed by atoms with van der Waals surface area (Å²) in [7, 11) is 0. The third-order valence-corrected chi connectivity index (χ3v) is 4.66. The average Bonchev–Trinajstić information content (AvgIpc) is 3.42. The summed E-state index contributed by atoms with van der Waals surface area (Å²) in [6, 6.07) is 15.9. The van der Waals surface area contributed by atoms with Crippen LogP contribution in [-0.2, 0) is 0 Å². The van der Waals surface area contributed by atoms with Crippen LogP contribution >= 0.6 is 0 Å². The number of aromatic nitrogens is 3. The smallest absolute Gasteiger partial charge is 0.255 e. The van der Waals surface area contributed by atoms with Crippen molar-refractivity contribution in [3.63, 3.8) is 0 Å². The molecule has 0 bridgehead atoms. The van der Waals surface area contributed by atoms with Crippen LogP contribution in [-0.4, -0.2) is 20.7 Å². The molecule has 1 atom stereocenters. The predicted octanol–water partition coefficient (Wildman–Crippen LogP) is 3.46. The topological polar surface area (TPSA) is 59.8 Å². The van der Waals surface area contributed by atoms with Crippen molar-refractivity contribution in [3.05, 3.63) is 77.7 Å². The molecule has 0 spiro atoms. The van der Waals surface area contributed by atoms with Crippen LogP contribution in [0.4, 0.5) is 0 Å². The number of carbonyl (C=O) groups excluding carboxylic acids is 1. The Bertz CT molecular complexity index is 869. The lowest BCUT2D eigenvalue weighted by atomic mass is 10.0. The highest BCUT2D eigenvalue weighted by Gasteiger charge is 2.34. The SMILES string of the molecule is Cc1c(C(=O)NC(c2ccccc2)C2CC2)cnn1-c1ccccn1. The summed E-state index contributed by atoms with van der Waals surface area (Å²) >= 11 is 0. The Kier molecular flexibility index (Phi) is 4.06. The van der Waals surface area contributed by atoms with Crippen LogP contribution in [0.3, 0.4) is 0 Å². The molecule has 1 saturated carbocycles. The van der Waals surface area contributed by atoms with Crippen LogP contribution in [0, 0.1) is 12.8 Å². The molecule has 3 aromatic rings. The van der Waals surface area contributed by atoms with E-state index in [9.17, 15) is 4.79 Å². The lowest BCUT2D eigenvalue weighted by Gasteiger charge is -2.18. The Labute approximate surface area is 146 Å². The van der Waals surface area contributed by atoms with E-state index in [2.05, 4.69) is 27.5 Å². The van der Waals surface area contributed by atoms with Crippen molar-refractivity contribution in [2.75, 3.05) is 0 Å². The van der Waals surface area contributed by atoms with Gasteiger partial charge in [-0.25, -0.2) is 9.67 Å². The molecule has 1 aliphatic carbocycles. The van der Waals surface area contributed by atoms with Gasteiger partial charge in [0.2, 0.25) is 0 Å². The molecule has 5 nitrogen and oxygen atoms in total. The maximum atomic E-state index is 12.8. The third kappa shape index (κ3) is 3.18. The van der Waals surface area contributed by atoms with Crippen molar-refractivity contribution in [3.8, 4) is 5.82 Å². The van der Waals surface area contributed by atoms with Gasteiger partial charge in [0.05, 0.1) is 23.5 Å². The van der Waals surface area contributed by atoms with Gasteiger partial charge in [-0.1, -0.05) is 36.4 Å². The van der Waals surface area contributed by atoms with Gasteiger partial charge in [-0.3, -0.25) is 4.79 Å². The van der Waals surface area contributed by atoms with E-state index in [-0.39, 0.29) is 11.9 Å². The van der Waals surface area contributed by atoms with Crippen molar-refractivity contribution >= 4 is 5.91 Å². The van der Waals surface area contributed by atoms with E-state index < -0.39 is 0 Å². The lowest BCUT2D eigenvalue weighted by Crippen LogP contribution is -2.30. The summed E-state index contributed by atoms with van der Waals surface area (Å²) in [6.07, 6.45) is 5.65. The molecule has 126 valence electrons. The highest BCUT2D eigenvalue weighted by molar-refractivity contribution is 5.95. The fraction of sp³-hybridized carbons (Fsp3) is 0.250. The first kappa shape index (κ1) is 15.6. The monoisotopic (exact) mass is 332 g/mol. The van der Waals surface area contributed by atoms with Crippen molar-refractivity contribution in [2.24, 2.45) is 5.92 Å². The average molecular weight is 332 g/mol. The van der Waals surface area contributed by atoms with E-state index in [1.54, 1.807) is 17.1 Å². The molecule has 2 heterocycles. The molecule has 4 rings (SSSR count). The molecule has 1 unspecified atom stereocenters. The maximum absolute atomic E-state index is 12.8. The Morgan fingerprint density at radius 3 is 2.60 bits per heavy atom. The normalized spacial score (nSPS) is 14.9. The molecule has 1 aliphatic rings. The zero-order chi connectivity index (χ0) is 17.2. The Morgan fingerprint density at radius 1 is 1.16 bits per heavy atom. The largest absolute Gasteiger partial charge is 0.345 e. The predicted molar refractivity (Wildman–Crippen MR) is 95.5 cm³/mol. The molecule has 5 heteroatoms. The molecule has 1 fully saturated rings. The quantitative estimate of drug-likeness (QED) is 0.778. The van der Waals surface area contributed by atoms with Crippen LogP contribution < -0.4 is 5.32 Å². The van der Waals surface area contributed by atoms with E-state index >= 15 is 0 Å². The summed E-state index contributed by atoms with van der Waals surface area (Å²) < 4.78 is 1.70. The summed E-state index contributed by atoms with van der Waals surface area (Å²) in [4.78, 5) is 17.1. The number of hydrogen-bond acceptors (Lipinski definition) is 3. The van der Waals surface area contributed by atoms with Gasteiger partial charge in [-0.15, -0.1) is 0 Å². The van der Waals surface area contributed by atoms with Gasteiger partial charge in [-0.2, -0.15) is 5.10 Å². The van der Waals surface area contributed by atoms with E-state index in [1.165, 1.54) is 0 Å². The van der Waals surface area contributed by atoms with E-state index in [0.717, 1.165) is 24.1 Å². The van der Waals surface area contributed by atoms with Crippen LogP contribution in [0.2, 0.25) is 0 Å². The van der Waals surface area contributed by atoms with E-state index in [1.807, 2.05) is 43.3 Å². The zero-order valence-electron chi connectivity index (χ0n) is 14.1. The number of pyridine rings is 1. The molecule has 25 heavy (non-hydrogen) atoms. The molecule has 2 aromatic heterocycles. The van der Waals surface area contributed by atoms with Gasteiger partial charge in [0.15, 0.2) is 5.82 Å². The minimum atomic E-state index is -0.0829. The maximum Gasteiger partial charge on any atom is 0.255 e. The number of hydrogen-bond donors (Lipinski definition) is 1. The second-order valence-electron chi connectivity index (χ2n) is 6.44. The lowest BCUT2D eigenvalue weighted by molar-refractivity contribution is 0.0931. The summed E-state index contributed by atoms with van der Waals surface area (Å²) in [6.45, 7) is 1.89. The standard InChI is InChI=1S/C20H20N4O/c1-14-17(13-22-24(14)18-9-5-6-12-21-18)20(25)23-19(16-10-11-16)15-7-3-2-4-8-15/h2-9,12-13,16,19H,10-11H2,1H3,(H,23,25). The number of nitrogens with one attached hydrogen (secondary N) is 1. The zero-order valence-corrected chi connectivity index (χ0v) is 14.1. The molecule has 1 aromatic carbocycles. The number of rotatable bonds is 5. The summed E-state index contributed by atoms with van der Waals surface area (Å²) in [5.74, 6) is 1.15. The fourth-order valence-electron chi connectivity index (χ4n) is 3.12. The summed E-state index contributed by atoms with van der Waals surface area (Å²) in [5, 5.41) is 7.55. The van der Waals surface area contributed by atoms with Crippen LogP contribution in [0.15, 0.2) is 60.9 Å². The van der Waals surface area contributed by atoms with Gasteiger partial charge in [-0.05, 0) is 43.4 Å². The van der Waals surface area contributed by atoms with Gasteiger partial charge >= 0.3 is 0 Å². The number of carbonyl (C=O) groups is 1. The Morgan fingerprint density at radius 2 is 1.92 bits per heavy atom. The van der Waals surface area contributed by atoms with Crippen molar-refractivity contribution in [2.45, 2.75) is 25.8 Å². The van der Waals surface area contributed by atoms with Crippen molar-refractivity contribution in [1.82, 2.24) is 20.1 Å². The molecule has 0 aliphatic heterocycles. The number of nitrogens with zero attached hydrogens (tertiary/aromatic N) is 3. The van der Waals surface area contributed by atoms with E-state index in [0.29, 0.717) is 17.3 Å². The minimum Gasteiger partial charge on any atom is -0.345 e. The first-order valence-corrected chi connectivity index (χ1v) is 8.56. The van der Waals surface area contributed by atoms with E-state index in [4.69, 9.17) is 0 Å². The molecule has 0 saturated heterocycles.